The molecule has 0 saturated heterocycles. The normalized spacial score (nSPS) is 14.4. The van der Waals surface area contributed by atoms with Gasteiger partial charge in [-0.05, 0) is 41.9 Å². The number of hydrogen-bond acceptors (Lipinski definition) is 4. The zero-order chi connectivity index (χ0) is 20.0. The molecule has 0 N–H and O–H groups in total. The first-order chi connectivity index (χ1) is 14.0. The van der Waals surface area contributed by atoms with Crippen molar-refractivity contribution in [3.8, 4) is 5.69 Å². The second-order valence-electron chi connectivity index (χ2n) is 7.58. The van der Waals surface area contributed by atoms with E-state index >= 15 is 0 Å². The molecule has 6 heteroatoms. The van der Waals surface area contributed by atoms with Crippen molar-refractivity contribution in [2.75, 3.05) is 7.05 Å². The van der Waals surface area contributed by atoms with E-state index in [0.29, 0.717) is 10.3 Å². The summed E-state index contributed by atoms with van der Waals surface area (Å²) >= 11 is 0. The number of sulfone groups is 1. The summed E-state index contributed by atoms with van der Waals surface area (Å²) in [6.45, 7) is 1.52. The van der Waals surface area contributed by atoms with Crippen LogP contribution in [0.2, 0.25) is 0 Å². The van der Waals surface area contributed by atoms with Gasteiger partial charge in [0.15, 0.2) is 9.84 Å². The van der Waals surface area contributed by atoms with Crippen LogP contribution in [0, 0.1) is 0 Å². The third-order valence-electron chi connectivity index (χ3n) is 5.42. The van der Waals surface area contributed by atoms with E-state index in [9.17, 15) is 8.42 Å². The van der Waals surface area contributed by atoms with Gasteiger partial charge in [0.1, 0.15) is 0 Å². The fourth-order valence-electron chi connectivity index (χ4n) is 4.12. The molecule has 5 rings (SSSR count). The summed E-state index contributed by atoms with van der Waals surface area (Å²) in [4.78, 5) is 2.56. The number of benzene rings is 3. The summed E-state index contributed by atoms with van der Waals surface area (Å²) in [5.74, 6) is -0.0198. The number of rotatable bonds is 4. The van der Waals surface area contributed by atoms with Crippen LogP contribution in [0.1, 0.15) is 16.7 Å². The highest BCUT2D eigenvalue weighted by molar-refractivity contribution is 7.90. The van der Waals surface area contributed by atoms with Crippen molar-refractivity contribution >= 4 is 20.7 Å². The van der Waals surface area contributed by atoms with E-state index < -0.39 is 9.84 Å². The van der Waals surface area contributed by atoms with Crippen LogP contribution >= 0.6 is 0 Å². The second-order valence-corrected chi connectivity index (χ2v) is 9.54. The molecule has 1 aliphatic heterocycles. The van der Waals surface area contributed by atoms with Crippen LogP contribution in [0.25, 0.3) is 16.6 Å². The minimum Gasteiger partial charge on any atom is -0.298 e. The lowest BCUT2D eigenvalue weighted by Crippen LogP contribution is -2.08. The lowest BCUT2D eigenvalue weighted by atomic mass is 10.1. The lowest BCUT2D eigenvalue weighted by Gasteiger charge is -2.12. The minimum atomic E-state index is -3.52. The third kappa shape index (κ3) is 3.14. The maximum atomic E-state index is 13.4. The fourth-order valence-corrected chi connectivity index (χ4v) is 5.72. The van der Waals surface area contributed by atoms with Crippen molar-refractivity contribution in [3.05, 3.63) is 89.6 Å². The standard InChI is InChI=1S/C23H21N3O2S/c1-25-14-18-12-22(29(27,28)16-17-8-4-2-5-9-17)20-13-24-26(23(20)21(18)15-25)19-10-6-3-7-11-19/h2-13H,14-16H2,1H3. The summed E-state index contributed by atoms with van der Waals surface area (Å²) in [6.07, 6.45) is 1.69. The highest BCUT2D eigenvalue weighted by Crippen LogP contribution is 2.36. The van der Waals surface area contributed by atoms with Crippen LogP contribution in [-0.4, -0.2) is 30.1 Å². The number of nitrogens with zero attached hydrogens (tertiary/aromatic N) is 3. The second kappa shape index (κ2) is 6.83. The van der Waals surface area contributed by atoms with Gasteiger partial charge in [0.05, 0.1) is 28.0 Å². The molecule has 0 aliphatic carbocycles. The van der Waals surface area contributed by atoms with E-state index in [1.54, 1.807) is 6.20 Å². The van der Waals surface area contributed by atoms with Crippen molar-refractivity contribution in [2.45, 2.75) is 23.7 Å². The molecule has 0 bridgehead atoms. The average molecular weight is 404 g/mol. The van der Waals surface area contributed by atoms with Crippen LogP contribution in [0.15, 0.2) is 77.8 Å². The molecule has 0 unspecified atom stereocenters. The molecule has 0 radical (unpaired) electrons. The molecule has 3 aromatic carbocycles. The molecule has 146 valence electrons. The highest BCUT2D eigenvalue weighted by Gasteiger charge is 2.28. The average Bonchev–Trinajstić information content (AvgIpc) is 3.31. The van der Waals surface area contributed by atoms with Crippen molar-refractivity contribution in [2.24, 2.45) is 0 Å². The Morgan fingerprint density at radius 1 is 0.966 bits per heavy atom. The molecule has 29 heavy (non-hydrogen) atoms. The summed E-state index contributed by atoms with van der Waals surface area (Å²) in [5.41, 5.74) is 4.82. The van der Waals surface area contributed by atoms with Gasteiger partial charge in [-0.25, -0.2) is 13.1 Å². The molecule has 0 saturated carbocycles. The zero-order valence-corrected chi connectivity index (χ0v) is 16.9. The van der Waals surface area contributed by atoms with Crippen LogP contribution in [0.4, 0.5) is 0 Å². The maximum absolute atomic E-state index is 13.4. The number of hydrogen-bond donors (Lipinski definition) is 0. The maximum Gasteiger partial charge on any atom is 0.183 e. The van der Waals surface area contributed by atoms with Crippen molar-refractivity contribution in [1.82, 2.24) is 14.7 Å². The van der Waals surface area contributed by atoms with Crippen LogP contribution < -0.4 is 0 Å². The van der Waals surface area contributed by atoms with Gasteiger partial charge in [0.2, 0.25) is 0 Å². The quantitative estimate of drug-likeness (QED) is 0.518. The molecule has 5 nitrogen and oxygen atoms in total. The first-order valence-corrected chi connectivity index (χ1v) is 11.2. The molecular formula is C23H21N3O2S. The Labute approximate surface area is 170 Å². The summed E-state index contributed by atoms with van der Waals surface area (Å²) < 4.78 is 28.7. The molecule has 2 heterocycles. The molecular weight excluding hydrogens is 382 g/mol. The van der Waals surface area contributed by atoms with Crippen molar-refractivity contribution in [3.63, 3.8) is 0 Å². The predicted octanol–water partition coefficient (Wildman–Crippen LogP) is 3.94. The number of aromatic nitrogens is 2. The molecule has 0 amide bonds. The topological polar surface area (TPSA) is 55.2 Å². The SMILES string of the molecule is CN1Cc2cc(S(=O)(=O)Cc3ccccc3)c3cnn(-c4ccccc4)c3c2C1. The summed E-state index contributed by atoms with van der Waals surface area (Å²) in [5, 5.41) is 5.28. The molecule has 1 aliphatic rings. The van der Waals surface area contributed by atoms with Gasteiger partial charge in [-0.15, -0.1) is 0 Å². The Hall–Kier alpha value is -2.96. The Morgan fingerprint density at radius 3 is 2.38 bits per heavy atom. The van der Waals surface area contributed by atoms with E-state index in [0.717, 1.165) is 41.0 Å². The largest absolute Gasteiger partial charge is 0.298 e. The Kier molecular flexibility index (Phi) is 4.26. The number of para-hydroxylation sites is 1. The molecule has 0 spiro atoms. The predicted molar refractivity (Wildman–Crippen MR) is 114 cm³/mol. The smallest absolute Gasteiger partial charge is 0.183 e. The zero-order valence-electron chi connectivity index (χ0n) is 16.1. The van der Waals surface area contributed by atoms with Crippen molar-refractivity contribution < 1.29 is 8.42 Å². The van der Waals surface area contributed by atoms with Gasteiger partial charge in [0.25, 0.3) is 0 Å². The van der Waals surface area contributed by atoms with Gasteiger partial charge in [-0.3, -0.25) is 4.90 Å². The number of fused-ring (bicyclic) bond motifs is 3. The summed E-state index contributed by atoms with van der Waals surface area (Å²) in [6, 6.07) is 21.0. The van der Waals surface area contributed by atoms with Crippen LogP contribution in [0.5, 0.6) is 0 Å². The van der Waals surface area contributed by atoms with Gasteiger partial charge in [-0.1, -0.05) is 48.5 Å². The summed E-state index contributed by atoms with van der Waals surface area (Å²) in [7, 11) is -1.47. The monoisotopic (exact) mass is 403 g/mol. The van der Waals surface area contributed by atoms with Gasteiger partial charge < -0.3 is 0 Å². The first kappa shape index (κ1) is 18.1. The minimum absolute atomic E-state index is 0.0198. The van der Waals surface area contributed by atoms with Crippen LogP contribution in [0.3, 0.4) is 0 Å². The Balaban J connectivity index is 1.74. The van der Waals surface area contributed by atoms with Crippen LogP contribution in [-0.2, 0) is 28.7 Å². The first-order valence-electron chi connectivity index (χ1n) is 9.56. The van der Waals surface area contributed by atoms with E-state index in [1.165, 1.54) is 0 Å². The van der Waals surface area contributed by atoms with Gasteiger partial charge in [0, 0.05) is 18.5 Å². The van der Waals surface area contributed by atoms with E-state index in [1.807, 2.05) is 78.5 Å². The van der Waals surface area contributed by atoms with E-state index in [4.69, 9.17) is 0 Å². The third-order valence-corrected chi connectivity index (χ3v) is 7.14. The van der Waals surface area contributed by atoms with Crippen molar-refractivity contribution in [1.29, 1.82) is 0 Å². The molecule has 1 aromatic heterocycles. The van der Waals surface area contributed by atoms with Gasteiger partial charge >= 0.3 is 0 Å². The Morgan fingerprint density at radius 2 is 1.66 bits per heavy atom. The van der Waals surface area contributed by atoms with E-state index in [2.05, 4.69) is 10.00 Å². The molecule has 4 aromatic rings. The van der Waals surface area contributed by atoms with Gasteiger partial charge in [-0.2, -0.15) is 5.10 Å². The lowest BCUT2D eigenvalue weighted by molar-refractivity contribution is 0.353. The van der Waals surface area contributed by atoms with E-state index in [-0.39, 0.29) is 5.75 Å². The molecule has 0 fully saturated rings. The molecule has 0 atom stereocenters. The highest BCUT2D eigenvalue weighted by atomic mass is 32.2. The fraction of sp³-hybridized carbons (Fsp3) is 0.174. The Bertz CT molecular complexity index is 1300.